The van der Waals surface area contributed by atoms with Crippen molar-refractivity contribution in [1.29, 1.82) is 0 Å². The molecule has 1 amide bonds. The standard InChI is InChI=1S/C17H17N3O2S2/c1-2-7-19(11-13-4-3-9-23-13)15(21)5-8-20-12-18-16-14(17(20)22)6-10-24-16/h2-4,6,9-10,12H,1,5,7-8,11H2. The Hall–Kier alpha value is -2.25. The van der Waals surface area contributed by atoms with E-state index in [1.165, 1.54) is 22.2 Å². The normalized spacial score (nSPS) is 10.8. The zero-order valence-corrected chi connectivity index (χ0v) is 14.7. The summed E-state index contributed by atoms with van der Waals surface area (Å²) < 4.78 is 1.50. The molecule has 0 aliphatic rings. The first-order valence-corrected chi connectivity index (χ1v) is 9.28. The van der Waals surface area contributed by atoms with Crippen molar-refractivity contribution in [2.45, 2.75) is 19.5 Å². The van der Waals surface area contributed by atoms with Crippen molar-refractivity contribution < 1.29 is 4.79 Å². The van der Waals surface area contributed by atoms with E-state index in [9.17, 15) is 9.59 Å². The average Bonchev–Trinajstić information content (AvgIpc) is 3.25. The van der Waals surface area contributed by atoms with Crippen molar-refractivity contribution in [1.82, 2.24) is 14.5 Å². The number of aromatic nitrogens is 2. The second kappa shape index (κ2) is 7.55. The summed E-state index contributed by atoms with van der Waals surface area (Å²) in [5.41, 5.74) is -0.0948. The quantitative estimate of drug-likeness (QED) is 0.609. The van der Waals surface area contributed by atoms with E-state index in [0.717, 1.165) is 9.71 Å². The Morgan fingerprint density at radius 1 is 1.33 bits per heavy atom. The number of carbonyl (C=O) groups is 1. The minimum atomic E-state index is -0.0948. The van der Waals surface area contributed by atoms with E-state index in [1.54, 1.807) is 28.4 Å². The number of carbonyl (C=O) groups excluding carboxylic acids is 1. The van der Waals surface area contributed by atoms with Gasteiger partial charge in [-0.3, -0.25) is 14.2 Å². The lowest BCUT2D eigenvalue weighted by molar-refractivity contribution is -0.131. The van der Waals surface area contributed by atoms with Gasteiger partial charge in [0.2, 0.25) is 5.91 Å². The van der Waals surface area contributed by atoms with Crippen molar-refractivity contribution in [2.24, 2.45) is 0 Å². The number of aryl methyl sites for hydroxylation is 1. The van der Waals surface area contributed by atoms with Gasteiger partial charge < -0.3 is 4.90 Å². The molecule has 3 aromatic rings. The van der Waals surface area contributed by atoms with Crippen LogP contribution >= 0.6 is 22.7 Å². The van der Waals surface area contributed by atoms with Crippen molar-refractivity contribution in [3.8, 4) is 0 Å². The molecule has 0 unspecified atom stereocenters. The molecule has 0 atom stereocenters. The third-order valence-electron chi connectivity index (χ3n) is 3.65. The van der Waals surface area contributed by atoms with Crippen molar-refractivity contribution in [3.63, 3.8) is 0 Å². The van der Waals surface area contributed by atoms with Crippen LogP contribution in [-0.4, -0.2) is 26.9 Å². The molecular weight excluding hydrogens is 342 g/mol. The van der Waals surface area contributed by atoms with Crippen molar-refractivity contribution in [2.75, 3.05) is 6.54 Å². The van der Waals surface area contributed by atoms with Gasteiger partial charge in [0.1, 0.15) is 4.83 Å². The fourth-order valence-electron chi connectivity index (χ4n) is 2.43. The lowest BCUT2D eigenvalue weighted by Gasteiger charge is -2.20. The number of hydrogen-bond acceptors (Lipinski definition) is 5. The van der Waals surface area contributed by atoms with Crippen LogP contribution in [0.25, 0.3) is 10.2 Å². The van der Waals surface area contributed by atoms with Crippen LogP contribution in [0.1, 0.15) is 11.3 Å². The summed E-state index contributed by atoms with van der Waals surface area (Å²) >= 11 is 3.06. The van der Waals surface area contributed by atoms with Crippen LogP contribution in [0.15, 0.2) is 52.7 Å². The SMILES string of the molecule is C=CCN(Cc1cccs1)C(=O)CCn1cnc2sccc2c1=O. The van der Waals surface area contributed by atoms with Crippen LogP contribution in [0.5, 0.6) is 0 Å². The van der Waals surface area contributed by atoms with Crippen LogP contribution in [0.3, 0.4) is 0 Å². The molecule has 0 fully saturated rings. The minimum Gasteiger partial charge on any atom is -0.334 e. The summed E-state index contributed by atoms with van der Waals surface area (Å²) in [6.07, 6.45) is 3.50. The highest BCUT2D eigenvalue weighted by molar-refractivity contribution is 7.16. The van der Waals surface area contributed by atoms with Gasteiger partial charge in [0.25, 0.3) is 5.56 Å². The highest BCUT2D eigenvalue weighted by Crippen LogP contribution is 2.14. The molecule has 0 aliphatic carbocycles. The van der Waals surface area contributed by atoms with Gasteiger partial charge in [-0.1, -0.05) is 12.1 Å². The summed E-state index contributed by atoms with van der Waals surface area (Å²) in [4.78, 5) is 32.7. The molecule has 0 radical (unpaired) electrons. The molecule has 0 aromatic carbocycles. The number of thiophene rings is 2. The molecule has 3 rings (SSSR count). The summed E-state index contributed by atoms with van der Waals surface area (Å²) in [7, 11) is 0. The van der Waals surface area contributed by atoms with Gasteiger partial charge in [-0.25, -0.2) is 4.98 Å². The number of amides is 1. The van der Waals surface area contributed by atoms with E-state index < -0.39 is 0 Å². The maximum absolute atomic E-state index is 12.5. The van der Waals surface area contributed by atoms with E-state index in [2.05, 4.69) is 11.6 Å². The van der Waals surface area contributed by atoms with E-state index in [0.29, 0.717) is 25.0 Å². The maximum atomic E-state index is 12.5. The van der Waals surface area contributed by atoms with Gasteiger partial charge in [-0.15, -0.1) is 29.3 Å². The Labute approximate surface area is 147 Å². The molecule has 0 bridgehead atoms. The molecule has 0 spiro atoms. The van der Waals surface area contributed by atoms with Crippen LogP contribution in [0.4, 0.5) is 0 Å². The number of nitrogens with zero attached hydrogens (tertiary/aromatic N) is 3. The second-order valence-electron chi connectivity index (χ2n) is 5.27. The molecule has 0 aliphatic heterocycles. The molecular formula is C17H17N3O2S2. The Morgan fingerprint density at radius 2 is 2.21 bits per heavy atom. The van der Waals surface area contributed by atoms with Crippen LogP contribution in [0, 0.1) is 0 Å². The third kappa shape index (κ3) is 3.63. The highest BCUT2D eigenvalue weighted by Gasteiger charge is 2.14. The van der Waals surface area contributed by atoms with Crippen molar-refractivity contribution in [3.05, 3.63) is 63.2 Å². The largest absolute Gasteiger partial charge is 0.334 e. The Morgan fingerprint density at radius 3 is 2.96 bits per heavy atom. The fourth-order valence-corrected chi connectivity index (χ4v) is 3.87. The molecule has 3 heterocycles. The molecule has 3 aromatic heterocycles. The Balaban J connectivity index is 1.68. The molecule has 0 N–H and O–H groups in total. The predicted octanol–water partition coefficient (Wildman–Crippen LogP) is 3.12. The number of hydrogen-bond donors (Lipinski definition) is 0. The zero-order valence-electron chi connectivity index (χ0n) is 13.1. The van der Waals surface area contributed by atoms with Crippen LogP contribution in [0.2, 0.25) is 0 Å². The Kier molecular flexibility index (Phi) is 5.22. The molecule has 5 nitrogen and oxygen atoms in total. The molecule has 7 heteroatoms. The van der Waals surface area contributed by atoms with Crippen molar-refractivity contribution >= 4 is 38.8 Å². The number of fused-ring (bicyclic) bond motifs is 1. The van der Waals surface area contributed by atoms with Gasteiger partial charge in [0.15, 0.2) is 0 Å². The lowest BCUT2D eigenvalue weighted by atomic mass is 10.3. The van der Waals surface area contributed by atoms with E-state index in [4.69, 9.17) is 0 Å². The predicted molar refractivity (Wildman–Crippen MR) is 98.4 cm³/mol. The summed E-state index contributed by atoms with van der Waals surface area (Å²) in [5.74, 6) is 0.000570. The molecule has 0 saturated carbocycles. The Bertz CT molecular complexity index is 896. The highest BCUT2D eigenvalue weighted by atomic mass is 32.1. The van der Waals surface area contributed by atoms with Gasteiger partial charge >= 0.3 is 0 Å². The first-order chi connectivity index (χ1) is 11.7. The third-order valence-corrected chi connectivity index (χ3v) is 5.33. The van der Waals surface area contributed by atoms with Gasteiger partial charge in [0, 0.05) is 24.4 Å². The number of rotatable bonds is 7. The fraction of sp³-hybridized carbons (Fsp3) is 0.235. The summed E-state index contributed by atoms with van der Waals surface area (Å²) in [5, 5.41) is 4.45. The van der Waals surface area contributed by atoms with Gasteiger partial charge in [0.05, 0.1) is 18.3 Å². The zero-order chi connectivity index (χ0) is 16.9. The first-order valence-electron chi connectivity index (χ1n) is 7.52. The topological polar surface area (TPSA) is 55.2 Å². The molecule has 24 heavy (non-hydrogen) atoms. The van der Waals surface area contributed by atoms with E-state index in [-0.39, 0.29) is 17.9 Å². The molecule has 0 saturated heterocycles. The smallest absolute Gasteiger partial charge is 0.262 e. The summed E-state index contributed by atoms with van der Waals surface area (Å²) in [6.45, 7) is 5.11. The minimum absolute atomic E-state index is 0.000570. The first kappa shape index (κ1) is 16.6. The van der Waals surface area contributed by atoms with Crippen LogP contribution in [-0.2, 0) is 17.9 Å². The lowest BCUT2D eigenvalue weighted by Crippen LogP contribution is -2.32. The van der Waals surface area contributed by atoms with Gasteiger partial charge in [-0.2, -0.15) is 0 Å². The van der Waals surface area contributed by atoms with Gasteiger partial charge in [-0.05, 0) is 22.9 Å². The van der Waals surface area contributed by atoms with Crippen LogP contribution < -0.4 is 5.56 Å². The maximum Gasteiger partial charge on any atom is 0.262 e. The van der Waals surface area contributed by atoms with E-state index in [1.807, 2.05) is 22.9 Å². The summed E-state index contributed by atoms with van der Waals surface area (Å²) in [6, 6.07) is 5.75. The monoisotopic (exact) mass is 359 g/mol. The average molecular weight is 359 g/mol. The second-order valence-corrected chi connectivity index (χ2v) is 7.20. The van der Waals surface area contributed by atoms with E-state index >= 15 is 0 Å². The molecule has 124 valence electrons.